The van der Waals surface area contributed by atoms with Gasteiger partial charge in [0.1, 0.15) is 0 Å². The molecule has 2 aromatic carbocycles. The zero-order valence-corrected chi connectivity index (χ0v) is 15.3. The van der Waals surface area contributed by atoms with Gasteiger partial charge in [0.05, 0.1) is 11.3 Å². The normalized spacial score (nSPS) is 13.3. The summed E-state index contributed by atoms with van der Waals surface area (Å²) < 4.78 is 53.4. The molecule has 0 saturated carbocycles. The minimum absolute atomic E-state index is 0.141. The molecule has 1 aliphatic rings. The summed E-state index contributed by atoms with van der Waals surface area (Å²) in [4.78, 5) is 16.4. The zero-order chi connectivity index (χ0) is 19.8. The van der Waals surface area contributed by atoms with Crippen LogP contribution in [-0.4, -0.2) is 10.9 Å². The molecule has 3 nitrogen and oxygen atoms in total. The van der Waals surface area contributed by atoms with Gasteiger partial charge in [0, 0.05) is 10.9 Å². The lowest BCUT2D eigenvalue weighted by atomic mass is 9.90. The summed E-state index contributed by atoms with van der Waals surface area (Å²) in [6.45, 7) is 0. The van der Waals surface area contributed by atoms with Gasteiger partial charge in [-0.1, -0.05) is 12.1 Å². The van der Waals surface area contributed by atoms with Gasteiger partial charge in [0.2, 0.25) is 0 Å². The number of amides is 1. The fourth-order valence-corrected chi connectivity index (χ4v) is 3.97. The van der Waals surface area contributed by atoms with Crippen molar-refractivity contribution in [3.63, 3.8) is 0 Å². The van der Waals surface area contributed by atoms with Crippen molar-refractivity contribution in [3.05, 3.63) is 69.6 Å². The third kappa shape index (κ3) is 3.40. The van der Waals surface area contributed by atoms with Gasteiger partial charge >= 0.3 is 0 Å². The molecule has 28 heavy (non-hydrogen) atoms. The third-order valence-corrected chi connectivity index (χ3v) is 5.47. The lowest BCUT2D eigenvalue weighted by molar-refractivity contribution is 0.102. The van der Waals surface area contributed by atoms with Crippen LogP contribution in [0.5, 0.6) is 0 Å². The highest BCUT2D eigenvalue weighted by atomic mass is 32.1. The van der Waals surface area contributed by atoms with E-state index in [0.717, 1.165) is 36.2 Å². The summed E-state index contributed by atoms with van der Waals surface area (Å²) in [7, 11) is 0. The van der Waals surface area contributed by atoms with E-state index in [0.29, 0.717) is 11.8 Å². The zero-order valence-electron chi connectivity index (χ0n) is 14.5. The second-order valence-corrected chi connectivity index (χ2v) is 7.39. The highest BCUT2D eigenvalue weighted by Crippen LogP contribution is 2.30. The van der Waals surface area contributed by atoms with Gasteiger partial charge in [-0.05, 0) is 48.9 Å². The highest BCUT2D eigenvalue weighted by molar-refractivity contribution is 7.14. The number of aryl methyl sites for hydroxylation is 2. The second kappa shape index (κ2) is 7.35. The van der Waals surface area contributed by atoms with Gasteiger partial charge in [0.15, 0.2) is 28.4 Å². The van der Waals surface area contributed by atoms with E-state index >= 15 is 0 Å². The minimum Gasteiger partial charge on any atom is -0.298 e. The van der Waals surface area contributed by atoms with Crippen molar-refractivity contribution in [2.75, 3.05) is 5.32 Å². The van der Waals surface area contributed by atoms with Crippen molar-refractivity contribution >= 4 is 22.4 Å². The Morgan fingerprint density at radius 1 is 0.964 bits per heavy atom. The number of anilines is 1. The molecule has 0 aliphatic heterocycles. The first kappa shape index (κ1) is 18.6. The van der Waals surface area contributed by atoms with Crippen LogP contribution in [0, 0.1) is 23.3 Å². The molecule has 0 unspecified atom stereocenters. The van der Waals surface area contributed by atoms with Crippen LogP contribution < -0.4 is 5.32 Å². The Morgan fingerprint density at radius 3 is 2.50 bits per heavy atom. The predicted octanol–water partition coefficient (Wildman–Crippen LogP) is 5.50. The first-order chi connectivity index (χ1) is 13.4. The van der Waals surface area contributed by atoms with Crippen LogP contribution >= 0.6 is 11.3 Å². The molecule has 4 rings (SSSR count). The average Bonchev–Trinajstić information content (AvgIpc) is 3.17. The minimum atomic E-state index is -2.03. The van der Waals surface area contributed by atoms with E-state index in [1.165, 1.54) is 17.5 Å². The second-order valence-electron chi connectivity index (χ2n) is 6.53. The summed E-state index contributed by atoms with van der Waals surface area (Å²) >= 11 is 1.10. The molecule has 1 aliphatic carbocycles. The Balaban J connectivity index is 1.56. The first-order valence-electron chi connectivity index (χ1n) is 8.66. The number of hydrogen-bond donors (Lipinski definition) is 1. The molecular weight excluding hydrogens is 392 g/mol. The van der Waals surface area contributed by atoms with E-state index < -0.39 is 34.7 Å². The maximum atomic E-state index is 13.8. The largest absolute Gasteiger partial charge is 0.298 e. The number of halogens is 4. The Kier molecular flexibility index (Phi) is 4.89. The van der Waals surface area contributed by atoms with E-state index in [9.17, 15) is 22.4 Å². The van der Waals surface area contributed by atoms with Crippen molar-refractivity contribution in [2.45, 2.75) is 25.7 Å². The monoisotopic (exact) mass is 406 g/mol. The Bertz CT molecular complexity index is 1080. The SMILES string of the molecule is O=C(Nc1nc(-c2ccc3c(c2)CCCC3)cs1)c1cc(F)c(F)c(F)c1F. The number of aromatic nitrogens is 1. The summed E-state index contributed by atoms with van der Waals surface area (Å²) in [5, 5.41) is 4.16. The Hall–Kier alpha value is -2.74. The van der Waals surface area contributed by atoms with Crippen LogP contribution in [0.15, 0.2) is 29.6 Å². The Labute approximate surface area is 162 Å². The van der Waals surface area contributed by atoms with Gasteiger partial charge in [-0.15, -0.1) is 11.3 Å². The molecule has 8 heteroatoms. The first-order valence-corrected chi connectivity index (χ1v) is 9.54. The van der Waals surface area contributed by atoms with Gasteiger partial charge in [-0.3, -0.25) is 10.1 Å². The van der Waals surface area contributed by atoms with Crippen LogP contribution in [0.1, 0.15) is 34.3 Å². The van der Waals surface area contributed by atoms with Crippen molar-refractivity contribution in [3.8, 4) is 11.3 Å². The molecule has 1 N–H and O–H groups in total. The summed E-state index contributed by atoms with van der Waals surface area (Å²) in [5.41, 5.74) is 3.20. The molecule has 0 spiro atoms. The number of carbonyl (C=O) groups is 1. The van der Waals surface area contributed by atoms with Crippen molar-refractivity contribution < 1.29 is 22.4 Å². The standard InChI is InChI=1S/C20H14F4N2OS/c21-14-8-13(16(22)18(24)17(14)23)19(27)26-20-25-15(9-28-20)12-6-5-10-3-1-2-4-11(10)7-12/h5-9H,1-4H2,(H,25,26,27). The number of nitrogens with zero attached hydrogens (tertiary/aromatic N) is 1. The van der Waals surface area contributed by atoms with E-state index in [1.54, 1.807) is 5.38 Å². The number of nitrogens with one attached hydrogen (secondary N) is 1. The summed E-state index contributed by atoms with van der Waals surface area (Å²) in [6, 6.07) is 6.41. The van der Waals surface area contributed by atoms with Gasteiger partial charge in [0.25, 0.3) is 5.91 Å². The number of hydrogen-bond acceptors (Lipinski definition) is 3. The third-order valence-electron chi connectivity index (χ3n) is 4.72. The number of rotatable bonds is 3. The number of carbonyl (C=O) groups excluding carboxylic acids is 1. The van der Waals surface area contributed by atoms with Crippen LogP contribution in [0.4, 0.5) is 22.7 Å². The quantitative estimate of drug-likeness (QED) is 0.355. The van der Waals surface area contributed by atoms with Crippen molar-refractivity contribution in [1.82, 2.24) is 4.98 Å². The van der Waals surface area contributed by atoms with Gasteiger partial charge < -0.3 is 0 Å². The van der Waals surface area contributed by atoms with E-state index in [-0.39, 0.29) is 5.13 Å². The molecule has 1 aromatic heterocycles. The molecule has 1 heterocycles. The predicted molar refractivity (Wildman–Crippen MR) is 98.4 cm³/mol. The average molecular weight is 406 g/mol. The number of thiazole rings is 1. The maximum absolute atomic E-state index is 13.8. The maximum Gasteiger partial charge on any atom is 0.260 e. The molecule has 3 aromatic rings. The van der Waals surface area contributed by atoms with Crippen LogP contribution in [0.25, 0.3) is 11.3 Å². The smallest absolute Gasteiger partial charge is 0.260 e. The lowest BCUT2D eigenvalue weighted by Crippen LogP contribution is -2.16. The van der Waals surface area contributed by atoms with Crippen LogP contribution in [0.2, 0.25) is 0 Å². The van der Waals surface area contributed by atoms with Gasteiger partial charge in [-0.25, -0.2) is 22.5 Å². The lowest BCUT2D eigenvalue weighted by Gasteiger charge is -2.16. The van der Waals surface area contributed by atoms with Crippen molar-refractivity contribution in [2.24, 2.45) is 0 Å². The molecule has 144 valence electrons. The molecule has 0 fully saturated rings. The molecule has 0 atom stereocenters. The molecule has 0 bridgehead atoms. The van der Waals surface area contributed by atoms with Gasteiger partial charge in [-0.2, -0.15) is 0 Å². The number of benzene rings is 2. The fraction of sp³-hybridized carbons (Fsp3) is 0.200. The Morgan fingerprint density at radius 2 is 1.71 bits per heavy atom. The molecule has 1 amide bonds. The van der Waals surface area contributed by atoms with Crippen LogP contribution in [0.3, 0.4) is 0 Å². The van der Waals surface area contributed by atoms with E-state index in [4.69, 9.17) is 0 Å². The molecule has 0 saturated heterocycles. The summed E-state index contributed by atoms with van der Waals surface area (Å²) in [5.74, 6) is -8.49. The van der Waals surface area contributed by atoms with E-state index in [1.807, 2.05) is 6.07 Å². The van der Waals surface area contributed by atoms with Crippen molar-refractivity contribution in [1.29, 1.82) is 0 Å². The summed E-state index contributed by atoms with van der Waals surface area (Å²) in [6.07, 6.45) is 4.40. The fourth-order valence-electron chi connectivity index (χ4n) is 3.26. The topological polar surface area (TPSA) is 42.0 Å². The molecular formula is C20H14F4N2OS. The number of fused-ring (bicyclic) bond motifs is 1. The van der Waals surface area contributed by atoms with Crippen LogP contribution in [-0.2, 0) is 12.8 Å². The highest BCUT2D eigenvalue weighted by Gasteiger charge is 2.23. The van der Waals surface area contributed by atoms with E-state index in [2.05, 4.69) is 22.4 Å². The molecule has 0 radical (unpaired) electrons.